The number of rotatable bonds is 5. The number of nitrogens with zero attached hydrogens (tertiary/aromatic N) is 2. The third kappa shape index (κ3) is 4.40. The molecular formula is C23H26ClN3O. The molecule has 1 amide bonds. The first kappa shape index (κ1) is 19.0. The Kier molecular flexibility index (Phi) is 5.69. The lowest BCUT2D eigenvalue weighted by Crippen LogP contribution is -2.39. The number of hydrogen-bond donors (Lipinski definition) is 1. The van der Waals surface area contributed by atoms with Crippen LogP contribution in [0.2, 0.25) is 5.02 Å². The lowest BCUT2D eigenvalue weighted by atomic mass is 9.96. The fraction of sp³-hybridized carbons (Fsp3) is 0.348. The SMILES string of the molecule is CN(CC1CCN(Cc2ccc(Cl)cc2)CC1)C(=O)c1cc2ccccc2[nH]1. The number of aromatic nitrogens is 1. The van der Waals surface area contributed by atoms with E-state index < -0.39 is 0 Å². The van der Waals surface area contributed by atoms with Crippen LogP contribution in [0.15, 0.2) is 54.6 Å². The number of fused-ring (bicyclic) bond motifs is 1. The Balaban J connectivity index is 1.29. The summed E-state index contributed by atoms with van der Waals surface area (Å²) in [6, 6.07) is 18.1. The molecule has 1 aliphatic rings. The molecule has 5 heteroatoms. The number of para-hydroxylation sites is 1. The van der Waals surface area contributed by atoms with E-state index in [1.165, 1.54) is 5.56 Å². The molecule has 2 aromatic carbocycles. The maximum atomic E-state index is 12.8. The Morgan fingerprint density at radius 1 is 1.14 bits per heavy atom. The number of nitrogens with one attached hydrogen (secondary N) is 1. The zero-order valence-corrected chi connectivity index (χ0v) is 17.0. The number of H-pyrrole nitrogens is 1. The zero-order valence-electron chi connectivity index (χ0n) is 16.2. The van der Waals surface area contributed by atoms with E-state index in [1.54, 1.807) is 0 Å². The number of halogens is 1. The van der Waals surface area contributed by atoms with Gasteiger partial charge >= 0.3 is 0 Å². The van der Waals surface area contributed by atoms with Crippen molar-refractivity contribution in [1.29, 1.82) is 0 Å². The number of benzene rings is 2. The Hall–Kier alpha value is -2.30. The van der Waals surface area contributed by atoms with Crippen LogP contribution in [-0.2, 0) is 6.54 Å². The Morgan fingerprint density at radius 3 is 2.57 bits per heavy atom. The van der Waals surface area contributed by atoms with E-state index in [2.05, 4.69) is 22.0 Å². The summed E-state index contributed by atoms with van der Waals surface area (Å²) >= 11 is 5.97. The van der Waals surface area contributed by atoms with Crippen molar-refractivity contribution < 1.29 is 4.79 Å². The van der Waals surface area contributed by atoms with Crippen molar-refractivity contribution in [3.63, 3.8) is 0 Å². The molecule has 0 saturated carbocycles. The van der Waals surface area contributed by atoms with Crippen LogP contribution >= 0.6 is 11.6 Å². The second kappa shape index (κ2) is 8.38. The van der Waals surface area contributed by atoms with Crippen LogP contribution < -0.4 is 0 Å². The Labute approximate surface area is 171 Å². The highest BCUT2D eigenvalue weighted by Crippen LogP contribution is 2.22. The van der Waals surface area contributed by atoms with Crippen LogP contribution in [0.5, 0.6) is 0 Å². The second-order valence-electron chi connectivity index (χ2n) is 7.80. The first-order valence-corrected chi connectivity index (χ1v) is 10.3. The van der Waals surface area contributed by atoms with Gasteiger partial charge in [-0.2, -0.15) is 0 Å². The lowest BCUT2D eigenvalue weighted by Gasteiger charge is -2.33. The molecule has 0 spiro atoms. The van der Waals surface area contributed by atoms with Gasteiger partial charge < -0.3 is 9.88 Å². The van der Waals surface area contributed by atoms with Crippen molar-refractivity contribution in [2.45, 2.75) is 19.4 Å². The first-order valence-electron chi connectivity index (χ1n) is 9.88. The summed E-state index contributed by atoms with van der Waals surface area (Å²) in [7, 11) is 1.91. The van der Waals surface area contributed by atoms with Gasteiger partial charge in [0.05, 0.1) is 0 Å². The molecule has 146 valence electrons. The molecule has 0 bridgehead atoms. The van der Waals surface area contributed by atoms with Crippen LogP contribution in [0.3, 0.4) is 0 Å². The summed E-state index contributed by atoms with van der Waals surface area (Å²) in [6.07, 6.45) is 2.25. The summed E-state index contributed by atoms with van der Waals surface area (Å²) < 4.78 is 0. The minimum Gasteiger partial charge on any atom is -0.351 e. The normalized spacial score (nSPS) is 15.8. The summed E-state index contributed by atoms with van der Waals surface area (Å²) in [5.74, 6) is 0.625. The molecular weight excluding hydrogens is 370 g/mol. The molecule has 3 aromatic rings. The molecule has 1 aliphatic heterocycles. The Morgan fingerprint density at radius 2 is 1.86 bits per heavy atom. The minimum atomic E-state index is 0.0693. The highest BCUT2D eigenvalue weighted by Gasteiger charge is 2.23. The second-order valence-corrected chi connectivity index (χ2v) is 8.24. The van der Waals surface area contributed by atoms with Crippen LogP contribution in [0.4, 0.5) is 0 Å². The molecule has 0 radical (unpaired) electrons. The molecule has 0 unspecified atom stereocenters. The fourth-order valence-corrected chi connectivity index (χ4v) is 4.17. The van der Waals surface area contributed by atoms with E-state index in [1.807, 2.05) is 54.4 Å². The molecule has 4 rings (SSSR count). The van der Waals surface area contributed by atoms with Crippen molar-refractivity contribution in [2.75, 3.05) is 26.7 Å². The number of likely N-dealkylation sites (tertiary alicyclic amines) is 1. The third-order valence-electron chi connectivity index (χ3n) is 5.67. The molecule has 1 saturated heterocycles. The average molecular weight is 396 g/mol. The predicted octanol–water partition coefficient (Wildman–Crippen LogP) is 4.81. The van der Waals surface area contributed by atoms with Crippen LogP contribution in [0, 0.1) is 5.92 Å². The van der Waals surface area contributed by atoms with Gasteiger partial charge in [0.25, 0.3) is 5.91 Å². The summed E-state index contributed by atoms with van der Waals surface area (Å²) in [6.45, 7) is 3.92. The van der Waals surface area contributed by atoms with E-state index in [-0.39, 0.29) is 5.91 Å². The summed E-state index contributed by atoms with van der Waals surface area (Å²) in [4.78, 5) is 20.4. The maximum absolute atomic E-state index is 12.8. The van der Waals surface area contributed by atoms with Gasteiger partial charge in [0, 0.05) is 36.1 Å². The van der Waals surface area contributed by atoms with E-state index in [0.717, 1.165) is 54.9 Å². The number of piperidine rings is 1. The monoisotopic (exact) mass is 395 g/mol. The predicted molar refractivity (Wildman–Crippen MR) is 115 cm³/mol. The van der Waals surface area contributed by atoms with Gasteiger partial charge in [-0.3, -0.25) is 9.69 Å². The van der Waals surface area contributed by atoms with Crippen molar-refractivity contribution >= 4 is 28.4 Å². The van der Waals surface area contributed by atoms with E-state index in [9.17, 15) is 4.79 Å². The van der Waals surface area contributed by atoms with E-state index in [0.29, 0.717) is 11.6 Å². The zero-order chi connectivity index (χ0) is 19.5. The average Bonchev–Trinajstić information content (AvgIpc) is 3.15. The van der Waals surface area contributed by atoms with E-state index in [4.69, 9.17) is 11.6 Å². The van der Waals surface area contributed by atoms with Gasteiger partial charge in [-0.25, -0.2) is 0 Å². The summed E-state index contributed by atoms with van der Waals surface area (Å²) in [5, 5.41) is 1.86. The quantitative estimate of drug-likeness (QED) is 0.673. The number of carbonyl (C=O) groups is 1. The van der Waals surface area contributed by atoms with Gasteiger partial charge in [0.15, 0.2) is 0 Å². The minimum absolute atomic E-state index is 0.0693. The number of amides is 1. The van der Waals surface area contributed by atoms with Crippen LogP contribution in [-0.4, -0.2) is 47.4 Å². The summed E-state index contributed by atoms with van der Waals surface area (Å²) in [5.41, 5.74) is 2.98. The smallest absolute Gasteiger partial charge is 0.270 e. The molecule has 0 aliphatic carbocycles. The highest BCUT2D eigenvalue weighted by molar-refractivity contribution is 6.30. The van der Waals surface area contributed by atoms with Gasteiger partial charge in [-0.05, 0) is 61.7 Å². The van der Waals surface area contributed by atoms with Gasteiger partial charge in [0.2, 0.25) is 0 Å². The molecule has 1 fully saturated rings. The lowest BCUT2D eigenvalue weighted by molar-refractivity contribution is 0.0733. The fourth-order valence-electron chi connectivity index (χ4n) is 4.04. The van der Waals surface area contributed by atoms with Crippen LogP contribution in [0.25, 0.3) is 10.9 Å². The van der Waals surface area contributed by atoms with Crippen molar-refractivity contribution in [3.05, 3.63) is 70.9 Å². The number of carbonyl (C=O) groups excluding carboxylic acids is 1. The third-order valence-corrected chi connectivity index (χ3v) is 5.92. The van der Waals surface area contributed by atoms with Crippen molar-refractivity contribution in [2.24, 2.45) is 5.92 Å². The maximum Gasteiger partial charge on any atom is 0.270 e. The first-order chi connectivity index (χ1) is 13.6. The standard InChI is InChI=1S/C23H26ClN3O/c1-26(23(28)22-14-19-4-2-3-5-21(19)25-22)15-18-10-12-27(13-11-18)16-17-6-8-20(24)9-7-17/h2-9,14,18,25H,10-13,15-16H2,1H3. The van der Waals surface area contributed by atoms with E-state index >= 15 is 0 Å². The highest BCUT2D eigenvalue weighted by atomic mass is 35.5. The molecule has 1 N–H and O–H groups in total. The van der Waals surface area contributed by atoms with Gasteiger partial charge in [0.1, 0.15) is 5.69 Å². The Bertz CT molecular complexity index is 909. The molecule has 4 nitrogen and oxygen atoms in total. The van der Waals surface area contributed by atoms with Gasteiger partial charge in [-0.15, -0.1) is 0 Å². The molecule has 0 atom stereocenters. The van der Waals surface area contributed by atoms with Crippen molar-refractivity contribution in [1.82, 2.24) is 14.8 Å². The number of hydrogen-bond acceptors (Lipinski definition) is 2. The van der Waals surface area contributed by atoms with Crippen LogP contribution in [0.1, 0.15) is 28.9 Å². The molecule has 28 heavy (non-hydrogen) atoms. The molecule has 1 aromatic heterocycles. The molecule has 2 heterocycles. The topological polar surface area (TPSA) is 39.3 Å². The van der Waals surface area contributed by atoms with Gasteiger partial charge in [-0.1, -0.05) is 41.9 Å². The largest absolute Gasteiger partial charge is 0.351 e. The van der Waals surface area contributed by atoms with Crippen molar-refractivity contribution in [3.8, 4) is 0 Å². The number of aromatic amines is 1.